The molecule has 0 fully saturated rings. The summed E-state index contributed by atoms with van der Waals surface area (Å²) in [5, 5.41) is 6.97. The number of pyridine rings is 1. The molecule has 11 nitrogen and oxygen atoms in total. The Hall–Kier alpha value is -4.93. The van der Waals surface area contributed by atoms with Crippen LogP contribution in [0.3, 0.4) is 0 Å². The Bertz CT molecular complexity index is 1630. The van der Waals surface area contributed by atoms with E-state index >= 15 is 0 Å². The van der Waals surface area contributed by atoms with E-state index in [4.69, 9.17) is 9.47 Å². The maximum absolute atomic E-state index is 13.6. The number of hydrogen-bond acceptors (Lipinski definition) is 7. The molecule has 198 valence electrons. The highest BCUT2D eigenvalue weighted by Crippen LogP contribution is 2.39. The highest BCUT2D eigenvalue weighted by atomic mass is 16.5. The lowest BCUT2D eigenvalue weighted by molar-refractivity contribution is 0.0681. The molecule has 3 aliphatic rings. The predicted molar refractivity (Wildman–Crippen MR) is 140 cm³/mol. The van der Waals surface area contributed by atoms with Gasteiger partial charge >= 0.3 is 5.69 Å². The van der Waals surface area contributed by atoms with Gasteiger partial charge in [0.2, 0.25) is 5.82 Å². The number of carbonyl (C=O) groups excluding carboxylic acids is 2. The molecular formula is C28H26N6O5. The van der Waals surface area contributed by atoms with Crippen LogP contribution in [-0.2, 0) is 13.5 Å². The number of nitrogens with one attached hydrogen (secondary N) is 2. The van der Waals surface area contributed by atoms with Crippen LogP contribution in [0.1, 0.15) is 50.1 Å². The molecule has 7 rings (SSSR count). The van der Waals surface area contributed by atoms with Crippen LogP contribution < -0.4 is 20.5 Å². The van der Waals surface area contributed by atoms with Crippen molar-refractivity contribution < 1.29 is 19.1 Å². The topological polar surface area (TPSA) is 131 Å². The molecule has 1 unspecified atom stereocenters. The Morgan fingerprint density at radius 3 is 2.79 bits per heavy atom. The standard InChI is InChI=1S/C28H26N6O5/c1-33-28(37)31-25(32-33)27(36)34-10-8-17-12-21-6-7-23(17)24(34)18-4-2-5-20(13-18)38-11-3-9-30-26(35)19-14-22(39-21)16-29-15-19/h2,4-7,12-16,24H,3,8-11H2,1H3,(H,30,35)(H,31,32,37). The zero-order chi connectivity index (χ0) is 26.9. The van der Waals surface area contributed by atoms with Crippen LogP contribution in [0, 0.1) is 0 Å². The van der Waals surface area contributed by atoms with Gasteiger partial charge in [0, 0.05) is 26.3 Å². The Morgan fingerprint density at radius 1 is 1.05 bits per heavy atom. The predicted octanol–water partition coefficient (Wildman–Crippen LogP) is 2.60. The fourth-order valence-corrected chi connectivity index (χ4v) is 4.96. The summed E-state index contributed by atoms with van der Waals surface area (Å²) in [4.78, 5) is 46.6. The van der Waals surface area contributed by atoms with Crippen molar-refractivity contribution in [1.29, 1.82) is 0 Å². The van der Waals surface area contributed by atoms with Crippen LogP contribution in [0.25, 0.3) is 0 Å². The number of ether oxygens (including phenoxy) is 2. The van der Waals surface area contributed by atoms with E-state index in [0.29, 0.717) is 55.4 Å². The summed E-state index contributed by atoms with van der Waals surface area (Å²) in [5.41, 5.74) is 2.77. The Balaban J connectivity index is 1.43. The van der Waals surface area contributed by atoms with Crippen molar-refractivity contribution in [3.63, 3.8) is 0 Å². The van der Waals surface area contributed by atoms with Crippen molar-refractivity contribution in [3.05, 3.63) is 99.5 Å². The summed E-state index contributed by atoms with van der Waals surface area (Å²) < 4.78 is 13.2. The van der Waals surface area contributed by atoms with Gasteiger partial charge < -0.3 is 19.7 Å². The molecule has 0 radical (unpaired) electrons. The highest BCUT2D eigenvalue weighted by molar-refractivity contribution is 5.94. The van der Waals surface area contributed by atoms with E-state index in [2.05, 4.69) is 20.4 Å². The number of nitrogens with zero attached hydrogens (tertiary/aromatic N) is 4. The number of aromatic nitrogens is 4. The van der Waals surface area contributed by atoms with Crippen molar-refractivity contribution in [2.75, 3.05) is 19.7 Å². The van der Waals surface area contributed by atoms with Gasteiger partial charge in [-0.25, -0.2) is 9.48 Å². The number of carbonyl (C=O) groups is 2. The first-order valence-corrected chi connectivity index (χ1v) is 12.7. The van der Waals surface area contributed by atoms with Crippen molar-refractivity contribution in [3.8, 4) is 17.2 Å². The number of aryl methyl sites for hydroxylation is 1. The normalized spacial score (nSPS) is 16.9. The van der Waals surface area contributed by atoms with Crippen LogP contribution in [-0.4, -0.2) is 56.2 Å². The van der Waals surface area contributed by atoms with Crippen molar-refractivity contribution in [1.82, 2.24) is 30.0 Å². The molecule has 2 aromatic heterocycles. The van der Waals surface area contributed by atoms with Crippen LogP contribution in [0.2, 0.25) is 0 Å². The maximum Gasteiger partial charge on any atom is 0.343 e. The Morgan fingerprint density at radius 2 is 1.95 bits per heavy atom. The molecule has 2 N–H and O–H groups in total. The van der Waals surface area contributed by atoms with E-state index in [9.17, 15) is 14.4 Å². The lowest BCUT2D eigenvalue weighted by atomic mass is 9.87. The second-order valence-corrected chi connectivity index (χ2v) is 9.46. The van der Waals surface area contributed by atoms with Gasteiger partial charge in [0.15, 0.2) is 0 Å². The molecule has 11 heteroatoms. The van der Waals surface area contributed by atoms with Gasteiger partial charge in [0.05, 0.1) is 24.4 Å². The van der Waals surface area contributed by atoms with Gasteiger partial charge in [-0.15, -0.1) is 5.10 Å². The average Bonchev–Trinajstić information content (AvgIpc) is 3.29. The van der Waals surface area contributed by atoms with Gasteiger partial charge in [-0.1, -0.05) is 18.2 Å². The lowest BCUT2D eigenvalue weighted by Gasteiger charge is -2.37. The third kappa shape index (κ3) is 4.86. The summed E-state index contributed by atoms with van der Waals surface area (Å²) in [6, 6.07) is 14.6. The monoisotopic (exact) mass is 526 g/mol. The summed E-state index contributed by atoms with van der Waals surface area (Å²) in [5.74, 6) is 1.09. The zero-order valence-corrected chi connectivity index (χ0v) is 21.2. The van der Waals surface area contributed by atoms with Crippen LogP contribution in [0.4, 0.5) is 0 Å². The van der Waals surface area contributed by atoms with Gasteiger partial charge in [-0.3, -0.25) is 19.6 Å². The second kappa shape index (κ2) is 10.1. The molecule has 8 bridgehead atoms. The molecule has 0 aliphatic carbocycles. The van der Waals surface area contributed by atoms with Gasteiger partial charge in [-0.2, -0.15) is 0 Å². The molecule has 4 aromatic rings. The molecule has 3 aliphatic heterocycles. The third-order valence-corrected chi connectivity index (χ3v) is 6.84. The van der Waals surface area contributed by atoms with Crippen molar-refractivity contribution >= 4 is 11.8 Å². The van der Waals surface area contributed by atoms with E-state index in [0.717, 1.165) is 21.4 Å². The maximum atomic E-state index is 13.6. The SMILES string of the molecule is Cn1nc(C(=O)N2CCc3cc4ccc3C2c2cccc(c2)OCCCNC(=O)c2cncc(c2)O4)[nH]c1=O. The fraction of sp³-hybridized carbons (Fsp3) is 0.250. The van der Waals surface area contributed by atoms with E-state index < -0.39 is 11.7 Å². The third-order valence-electron chi connectivity index (χ3n) is 6.84. The smallest absolute Gasteiger partial charge is 0.343 e. The van der Waals surface area contributed by atoms with E-state index in [-0.39, 0.29) is 17.6 Å². The molecule has 0 spiro atoms. The molecule has 0 saturated heterocycles. The molecule has 2 amide bonds. The minimum Gasteiger partial charge on any atom is -0.494 e. The molecule has 1 atom stereocenters. The number of H-pyrrole nitrogens is 1. The minimum atomic E-state index is -0.451. The number of amides is 2. The summed E-state index contributed by atoms with van der Waals surface area (Å²) >= 11 is 0. The van der Waals surface area contributed by atoms with E-state index in [1.807, 2.05) is 42.5 Å². The minimum absolute atomic E-state index is 0.00723. The first-order chi connectivity index (χ1) is 19.0. The number of benzene rings is 2. The number of rotatable bonds is 1. The molecule has 2 aromatic carbocycles. The van der Waals surface area contributed by atoms with Crippen LogP contribution in [0.15, 0.2) is 65.7 Å². The number of aromatic amines is 1. The first-order valence-electron chi connectivity index (χ1n) is 12.7. The average molecular weight is 527 g/mol. The van der Waals surface area contributed by atoms with Gasteiger partial charge in [0.1, 0.15) is 17.2 Å². The summed E-state index contributed by atoms with van der Waals surface area (Å²) in [7, 11) is 1.50. The highest BCUT2D eigenvalue weighted by Gasteiger charge is 2.34. The van der Waals surface area contributed by atoms with Crippen LogP contribution in [0.5, 0.6) is 17.2 Å². The Labute approximate surface area is 223 Å². The fourth-order valence-electron chi connectivity index (χ4n) is 4.96. The van der Waals surface area contributed by atoms with Crippen molar-refractivity contribution in [2.45, 2.75) is 18.9 Å². The number of hydrogen-bond donors (Lipinski definition) is 2. The number of fused-ring (bicyclic) bond motifs is 6. The van der Waals surface area contributed by atoms with Crippen LogP contribution >= 0.6 is 0 Å². The summed E-state index contributed by atoms with van der Waals surface area (Å²) in [6.07, 6.45) is 4.24. The molecule has 5 heterocycles. The molecular weight excluding hydrogens is 500 g/mol. The van der Waals surface area contributed by atoms with Crippen molar-refractivity contribution in [2.24, 2.45) is 7.05 Å². The largest absolute Gasteiger partial charge is 0.494 e. The second-order valence-electron chi connectivity index (χ2n) is 9.46. The Kier molecular flexibility index (Phi) is 6.31. The molecule has 0 saturated carbocycles. The summed E-state index contributed by atoms with van der Waals surface area (Å²) in [6.45, 7) is 1.23. The lowest BCUT2D eigenvalue weighted by Crippen LogP contribution is -2.41. The van der Waals surface area contributed by atoms with Gasteiger partial charge in [0.25, 0.3) is 11.8 Å². The zero-order valence-electron chi connectivity index (χ0n) is 21.2. The van der Waals surface area contributed by atoms with E-state index in [1.165, 1.54) is 13.2 Å². The van der Waals surface area contributed by atoms with E-state index in [1.54, 1.807) is 17.2 Å². The molecule has 39 heavy (non-hydrogen) atoms. The van der Waals surface area contributed by atoms with Gasteiger partial charge in [-0.05, 0) is 59.9 Å². The first kappa shape index (κ1) is 24.4. The quantitative estimate of drug-likeness (QED) is 0.390.